The minimum Gasteiger partial charge on any atom is -0.484 e. The SMILES string of the molecule is CCCCc1cc(=O)oc2cc(OCC(=O)C(C)(C)C)c(Cl)cc12. The Morgan fingerprint density at radius 3 is 2.58 bits per heavy atom. The fourth-order valence-electron chi connectivity index (χ4n) is 2.27. The zero-order valence-corrected chi connectivity index (χ0v) is 15.3. The maximum Gasteiger partial charge on any atom is 0.336 e. The summed E-state index contributed by atoms with van der Waals surface area (Å²) in [5.41, 5.74) is 0.467. The lowest BCUT2D eigenvalue weighted by Crippen LogP contribution is -2.26. The number of unbranched alkanes of at least 4 members (excludes halogenated alkanes) is 1. The van der Waals surface area contributed by atoms with E-state index in [0.717, 1.165) is 30.2 Å². The fraction of sp³-hybridized carbons (Fsp3) is 0.474. The van der Waals surface area contributed by atoms with Gasteiger partial charge in [-0.3, -0.25) is 4.79 Å². The quantitative estimate of drug-likeness (QED) is 0.703. The van der Waals surface area contributed by atoms with Crippen LogP contribution in [0.5, 0.6) is 5.75 Å². The lowest BCUT2D eigenvalue weighted by molar-refractivity contribution is -0.128. The largest absolute Gasteiger partial charge is 0.484 e. The average Bonchev–Trinajstić information content (AvgIpc) is 2.49. The second-order valence-corrected chi connectivity index (χ2v) is 7.34. The van der Waals surface area contributed by atoms with Crippen molar-refractivity contribution in [1.82, 2.24) is 0 Å². The number of rotatable bonds is 6. The number of aryl methyl sites for hydroxylation is 1. The number of ether oxygens (including phenoxy) is 1. The minimum absolute atomic E-state index is 0.0307. The fourth-order valence-corrected chi connectivity index (χ4v) is 2.49. The van der Waals surface area contributed by atoms with Crippen molar-refractivity contribution >= 4 is 28.4 Å². The maximum atomic E-state index is 12.0. The molecule has 0 radical (unpaired) electrons. The molecule has 0 saturated heterocycles. The van der Waals surface area contributed by atoms with E-state index in [1.165, 1.54) is 6.07 Å². The number of benzene rings is 1. The number of carbonyl (C=O) groups excluding carboxylic acids is 1. The molecule has 0 aliphatic carbocycles. The predicted molar refractivity (Wildman–Crippen MR) is 96.1 cm³/mol. The smallest absolute Gasteiger partial charge is 0.336 e. The van der Waals surface area contributed by atoms with Crippen LogP contribution in [0.25, 0.3) is 11.0 Å². The van der Waals surface area contributed by atoms with Crippen molar-refractivity contribution < 1.29 is 13.9 Å². The van der Waals surface area contributed by atoms with Gasteiger partial charge in [0.15, 0.2) is 5.78 Å². The lowest BCUT2D eigenvalue weighted by atomic mass is 9.91. The van der Waals surface area contributed by atoms with Crippen LogP contribution in [0.15, 0.2) is 27.4 Å². The molecular weight excluding hydrogens is 328 g/mol. The first-order valence-corrected chi connectivity index (χ1v) is 8.52. The normalized spacial score (nSPS) is 11.7. The van der Waals surface area contributed by atoms with Crippen LogP contribution in [0, 0.1) is 5.41 Å². The first kappa shape index (κ1) is 18.5. The summed E-state index contributed by atoms with van der Waals surface area (Å²) in [6.07, 6.45) is 2.80. The van der Waals surface area contributed by atoms with Crippen LogP contribution in [0.2, 0.25) is 5.02 Å². The number of ketones is 1. The van der Waals surface area contributed by atoms with Crippen LogP contribution in [0.4, 0.5) is 0 Å². The summed E-state index contributed by atoms with van der Waals surface area (Å²) in [6, 6.07) is 4.84. The molecule has 0 amide bonds. The Morgan fingerprint density at radius 1 is 1.25 bits per heavy atom. The zero-order valence-electron chi connectivity index (χ0n) is 14.6. The Labute approximate surface area is 146 Å². The van der Waals surface area contributed by atoms with Gasteiger partial charge in [0.05, 0.1) is 5.02 Å². The van der Waals surface area contributed by atoms with Gasteiger partial charge in [0.2, 0.25) is 0 Å². The Morgan fingerprint density at radius 2 is 1.96 bits per heavy atom. The van der Waals surface area contributed by atoms with E-state index in [1.54, 1.807) is 12.1 Å². The van der Waals surface area contributed by atoms with Gasteiger partial charge in [0.25, 0.3) is 0 Å². The van der Waals surface area contributed by atoms with Crippen molar-refractivity contribution in [3.8, 4) is 5.75 Å². The molecule has 4 nitrogen and oxygen atoms in total. The van der Waals surface area contributed by atoms with E-state index in [1.807, 2.05) is 20.8 Å². The number of halogens is 1. The molecule has 2 aromatic rings. The average molecular weight is 351 g/mol. The van der Waals surface area contributed by atoms with Crippen molar-refractivity contribution in [2.24, 2.45) is 5.41 Å². The second-order valence-electron chi connectivity index (χ2n) is 6.93. The van der Waals surface area contributed by atoms with Gasteiger partial charge in [0.1, 0.15) is 17.9 Å². The summed E-state index contributed by atoms with van der Waals surface area (Å²) >= 11 is 6.29. The van der Waals surface area contributed by atoms with E-state index in [4.69, 9.17) is 20.8 Å². The molecule has 1 heterocycles. The molecule has 1 aromatic carbocycles. The molecule has 0 unspecified atom stereocenters. The van der Waals surface area contributed by atoms with Gasteiger partial charge >= 0.3 is 5.63 Å². The third kappa shape index (κ3) is 4.38. The van der Waals surface area contributed by atoms with Crippen LogP contribution in [-0.2, 0) is 11.2 Å². The first-order chi connectivity index (χ1) is 11.2. The van der Waals surface area contributed by atoms with E-state index >= 15 is 0 Å². The van der Waals surface area contributed by atoms with Gasteiger partial charge in [0, 0.05) is 22.9 Å². The summed E-state index contributed by atoms with van der Waals surface area (Å²) in [7, 11) is 0. The van der Waals surface area contributed by atoms with E-state index < -0.39 is 11.0 Å². The standard InChI is InChI=1S/C19H23ClO4/c1-5-6-7-12-8-18(22)24-15-10-16(14(20)9-13(12)15)23-11-17(21)19(2,3)4/h8-10H,5-7,11H2,1-4H3. The van der Waals surface area contributed by atoms with Gasteiger partial charge in [-0.05, 0) is 24.5 Å². The molecule has 1 aromatic heterocycles. The molecule has 0 aliphatic heterocycles. The Balaban J connectivity index is 2.35. The highest BCUT2D eigenvalue weighted by Gasteiger charge is 2.22. The maximum absolute atomic E-state index is 12.0. The minimum atomic E-state index is -0.483. The summed E-state index contributed by atoms with van der Waals surface area (Å²) in [5.74, 6) is 0.314. The van der Waals surface area contributed by atoms with Crippen LogP contribution in [0.1, 0.15) is 46.1 Å². The zero-order chi connectivity index (χ0) is 17.9. The number of Topliss-reactive ketones (excluding diaryl/α,β-unsaturated/α-hetero) is 1. The molecule has 0 fully saturated rings. The summed E-state index contributed by atoms with van der Waals surface area (Å²) in [6.45, 7) is 7.52. The van der Waals surface area contributed by atoms with Crippen LogP contribution < -0.4 is 10.4 Å². The Bertz CT molecular complexity index is 799. The van der Waals surface area contributed by atoms with Crippen LogP contribution in [0.3, 0.4) is 0 Å². The number of hydrogen-bond acceptors (Lipinski definition) is 4. The summed E-state index contributed by atoms with van der Waals surface area (Å²) in [5, 5.41) is 1.21. The highest BCUT2D eigenvalue weighted by molar-refractivity contribution is 6.32. The summed E-state index contributed by atoms with van der Waals surface area (Å²) in [4.78, 5) is 23.8. The highest BCUT2D eigenvalue weighted by atomic mass is 35.5. The first-order valence-electron chi connectivity index (χ1n) is 8.14. The monoisotopic (exact) mass is 350 g/mol. The van der Waals surface area contributed by atoms with Crippen molar-refractivity contribution in [3.05, 3.63) is 39.2 Å². The van der Waals surface area contributed by atoms with E-state index in [9.17, 15) is 9.59 Å². The molecule has 130 valence electrons. The van der Waals surface area contributed by atoms with Gasteiger partial charge in [-0.25, -0.2) is 4.79 Å². The molecule has 0 bridgehead atoms. The van der Waals surface area contributed by atoms with E-state index in [2.05, 4.69) is 6.92 Å². The number of fused-ring (bicyclic) bond motifs is 1. The second kappa shape index (κ2) is 7.39. The van der Waals surface area contributed by atoms with Crippen LogP contribution >= 0.6 is 11.6 Å². The molecule has 5 heteroatoms. The predicted octanol–water partition coefficient (Wildman–Crippen LogP) is 4.78. The highest BCUT2D eigenvalue weighted by Crippen LogP contribution is 2.32. The van der Waals surface area contributed by atoms with E-state index in [-0.39, 0.29) is 12.4 Å². The van der Waals surface area contributed by atoms with Crippen molar-refractivity contribution in [2.75, 3.05) is 6.61 Å². The lowest BCUT2D eigenvalue weighted by Gasteiger charge is -2.17. The van der Waals surface area contributed by atoms with Crippen LogP contribution in [-0.4, -0.2) is 12.4 Å². The Kier molecular flexibility index (Phi) is 5.70. The van der Waals surface area contributed by atoms with E-state index in [0.29, 0.717) is 16.4 Å². The molecule has 2 rings (SSSR count). The topological polar surface area (TPSA) is 56.5 Å². The third-order valence-corrected chi connectivity index (χ3v) is 4.17. The van der Waals surface area contributed by atoms with Gasteiger partial charge in [-0.1, -0.05) is 45.7 Å². The summed E-state index contributed by atoms with van der Waals surface area (Å²) < 4.78 is 10.8. The molecule has 0 spiro atoms. The Hall–Kier alpha value is -1.81. The number of carbonyl (C=O) groups is 1. The molecule has 0 aliphatic rings. The molecule has 0 saturated carbocycles. The van der Waals surface area contributed by atoms with Crippen molar-refractivity contribution in [1.29, 1.82) is 0 Å². The van der Waals surface area contributed by atoms with Crippen molar-refractivity contribution in [2.45, 2.75) is 47.0 Å². The molecule has 24 heavy (non-hydrogen) atoms. The molecule has 0 N–H and O–H groups in total. The van der Waals surface area contributed by atoms with Crippen molar-refractivity contribution in [3.63, 3.8) is 0 Å². The van der Waals surface area contributed by atoms with Gasteiger partial charge in [-0.2, -0.15) is 0 Å². The van der Waals surface area contributed by atoms with Gasteiger partial charge < -0.3 is 9.15 Å². The molecule has 0 atom stereocenters. The molecular formula is C19H23ClO4. The number of hydrogen-bond donors (Lipinski definition) is 0. The van der Waals surface area contributed by atoms with Gasteiger partial charge in [-0.15, -0.1) is 0 Å². The third-order valence-electron chi connectivity index (χ3n) is 3.88.